The van der Waals surface area contributed by atoms with Gasteiger partial charge in [-0.25, -0.2) is 4.79 Å². The number of hydrogen-bond donors (Lipinski definition) is 2. The second kappa shape index (κ2) is 6.42. The molecule has 1 aromatic carbocycles. The number of rotatable bonds is 2. The molecule has 4 nitrogen and oxygen atoms in total. The smallest absolute Gasteiger partial charge is 0.319 e. The largest absolute Gasteiger partial charge is 0.320 e. The molecule has 1 saturated carbocycles. The fourth-order valence-corrected chi connectivity index (χ4v) is 2.61. The van der Waals surface area contributed by atoms with Crippen molar-refractivity contribution in [3.63, 3.8) is 0 Å². The second-order valence-corrected chi connectivity index (χ2v) is 5.55. The maximum Gasteiger partial charge on any atom is 0.320 e. The lowest BCUT2D eigenvalue weighted by Gasteiger charge is -2.26. The summed E-state index contributed by atoms with van der Waals surface area (Å²) in [5, 5.41) is 15.1. The van der Waals surface area contributed by atoms with Crippen LogP contribution in [0.25, 0.3) is 0 Å². The van der Waals surface area contributed by atoms with Gasteiger partial charge in [0.1, 0.15) is 5.54 Å². The van der Waals surface area contributed by atoms with Crippen molar-refractivity contribution in [1.29, 1.82) is 5.26 Å². The van der Waals surface area contributed by atoms with Crippen LogP contribution >= 0.6 is 0 Å². The third-order valence-corrected chi connectivity index (χ3v) is 3.83. The molecule has 1 aliphatic rings. The van der Waals surface area contributed by atoms with Crippen molar-refractivity contribution in [2.45, 2.75) is 51.0 Å². The molecule has 106 valence electrons. The first kappa shape index (κ1) is 14.4. The van der Waals surface area contributed by atoms with Crippen LogP contribution in [0.1, 0.15) is 44.1 Å². The topological polar surface area (TPSA) is 64.9 Å². The van der Waals surface area contributed by atoms with Crippen molar-refractivity contribution in [3.05, 3.63) is 29.8 Å². The van der Waals surface area contributed by atoms with Crippen molar-refractivity contribution in [1.82, 2.24) is 5.32 Å². The van der Waals surface area contributed by atoms with Crippen LogP contribution in [0.3, 0.4) is 0 Å². The van der Waals surface area contributed by atoms with Gasteiger partial charge in [0.25, 0.3) is 0 Å². The first-order valence-corrected chi connectivity index (χ1v) is 7.21. The molecular formula is C16H21N3O. The normalized spacial score (nSPS) is 17.6. The van der Waals surface area contributed by atoms with Gasteiger partial charge in [-0.15, -0.1) is 0 Å². The maximum absolute atomic E-state index is 12.1. The lowest BCUT2D eigenvalue weighted by atomic mass is 9.92. The van der Waals surface area contributed by atoms with Crippen LogP contribution in [0.4, 0.5) is 10.5 Å². The summed E-state index contributed by atoms with van der Waals surface area (Å²) in [6, 6.07) is 9.63. The summed E-state index contributed by atoms with van der Waals surface area (Å²) < 4.78 is 0. The Kier molecular flexibility index (Phi) is 4.62. The average Bonchev–Trinajstić information content (AvgIpc) is 2.67. The number of nitrogens with one attached hydrogen (secondary N) is 2. The number of anilines is 1. The molecule has 2 N–H and O–H groups in total. The van der Waals surface area contributed by atoms with E-state index in [4.69, 9.17) is 0 Å². The molecule has 4 heteroatoms. The van der Waals surface area contributed by atoms with Gasteiger partial charge in [-0.2, -0.15) is 5.26 Å². The Morgan fingerprint density at radius 1 is 1.15 bits per heavy atom. The highest BCUT2D eigenvalue weighted by molar-refractivity contribution is 5.90. The van der Waals surface area contributed by atoms with Gasteiger partial charge in [0, 0.05) is 5.69 Å². The summed E-state index contributed by atoms with van der Waals surface area (Å²) in [6.07, 6.45) is 5.77. The summed E-state index contributed by atoms with van der Waals surface area (Å²) in [4.78, 5) is 12.1. The number of benzene rings is 1. The molecule has 20 heavy (non-hydrogen) atoms. The van der Waals surface area contributed by atoms with E-state index < -0.39 is 5.54 Å². The Balaban J connectivity index is 1.98. The predicted octanol–water partition coefficient (Wildman–Crippen LogP) is 3.73. The summed E-state index contributed by atoms with van der Waals surface area (Å²) in [7, 11) is 0. The van der Waals surface area contributed by atoms with Gasteiger partial charge in [-0.05, 0) is 31.9 Å². The first-order chi connectivity index (χ1) is 9.63. The zero-order valence-electron chi connectivity index (χ0n) is 11.9. The zero-order chi connectivity index (χ0) is 14.4. The molecule has 2 amide bonds. The molecule has 1 fully saturated rings. The highest BCUT2D eigenvalue weighted by Gasteiger charge is 2.32. The number of nitriles is 1. The van der Waals surface area contributed by atoms with E-state index in [9.17, 15) is 10.1 Å². The molecule has 0 spiro atoms. The monoisotopic (exact) mass is 271 g/mol. The molecular weight excluding hydrogens is 250 g/mol. The van der Waals surface area contributed by atoms with Gasteiger partial charge in [0.2, 0.25) is 0 Å². The summed E-state index contributed by atoms with van der Waals surface area (Å²) in [6.45, 7) is 2.00. The van der Waals surface area contributed by atoms with E-state index in [0.717, 1.165) is 49.8 Å². The minimum Gasteiger partial charge on any atom is -0.319 e. The fraction of sp³-hybridized carbons (Fsp3) is 0.500. The Morgan fingerprint density at radius 2 is 1.75 bits per heavy atom. The molecule has 1 aromatic rings. The molecule has 0 radical (unpaired) electrons. The average molecular weight is 271 g/mol. The number of aryl methyl sites for hydroxylation is 1. The highest BCUT2D eigenvalue weighted by atomic mass is 16.2. The SMILES string of the molecule is Cc1ccc(NC(=O)NC2(C#N)CCCCCC2)cc1. The third kappa shape index (κ3) is 3.74. The van der Waals surface area contributed by atoms with Crippen LogP contribution in [-0.2, 0) is 0 Å². The molecule has 0 saturated heterocycles. The Hall–Kier alpha value is -2.02. The van der Waals surface area contributed by atoms with Crippen LogP contribution in [0.15, 0.2) is 24.3 Å². The first-order valence-electron chi connectivity index (χ1n) is 7.21. The van der Waals surface area contributed by atoms with Crippen molar-refractivity contribution in [2.24, 2.45) is 0 Å². The maximum atomic E-state index is 12.1. The van der Waals surface area contributed by atoms with Gasteiger partial charge < -0.3 is 10.6 Å². The van der Waals surface area contributed by atoms with Crippen LogP contribution in [0, 0.1) is 18.3 Å². The van der Waals surface area contributed by atoms with Gasteiger partial charge in [0.15, 0.2) is 0 Å². The molecule has 0 unspecified atom stereocenters. The summed E-state index contributed by atoms with van der Waals surface area (Å²) in [5.74, 6) is 0. The summed E-state index contributed by atoms with van der Waals surface area (Å²) >= 11 is 0. The molecule has 0 bridgehead atoms. The Bertz CT molecular complexity index is 493. The zero-order valence-corrected chi connectivity index (χ0v) is 11.9. The van der Waals surface area contributed by atoms with Gasteiger partial charge in [-0.1, -0.05) is 43.4 Å². The standard InChI is InChI=1S/C16H21N3O/c1-13-6-8-14(9-7-13)18-15(20)19-16(12-17)10-4-2-3-5-11-16/h6-9H,2-5,10-11H2,1H3,(H2,18,19,20). The predicted molar refractivity (Wildman–Crippen MR) is 79.4 cm³/mol. The van der Waals surface area contributed by atoms with Crippen molar-refractivity contribution < 1.29 is 4.79 Å². The minimum absolute atomic E-state index is 0.294. The van der Waals surface area contributed by atoms with Gasteiger partial charge in [-0.3, -0.25) is 0 Å². The molecule has 0 atom stereocenters. The molecule has 2 rings (SSSR count). The van der Waals surface area contributed by atoms with E-state index in [2.05, 4.69) is 16.7 Å². The van der Waals surface area contributed by atoms with E-state index >= 15 is 0 Å². The lowest BCUT2D eigenvalue weighted by Crippen LogP contribution is -2.48. The second-order valence-electron chi connectivity index (χ2n) is 5.55. The Labute approximate surface area is 120 Å². The van der Waals surface area contributed by atoms with E-state index in [1.54, 1.807) is 0 Å². The minimum atomic E-state index is -0.703. The van der Waals surface area contributed by atoms with Crippen LogP contribution in [-0.4, -0.2) is 11.6 Å². The van der Waals surface area contributed by atoms with Gasteiger partial charge >= 0.3 is 6.03 Å². The number of nitrogens with zero attached hydrogens (tertiary/aromatic N) is 1. The van der Waals surface area contributed by atoms with Crippen LogP contribution in [0.5, 0.6) is 0 Å². The summed E-state index contributed by atoms with van der Waals surface area (Å²) in [5.41, 5.74) is 1.19. The molecule has 0 aromatic heterocycles. The van der Waals surface area contributed by atoms with E-state index in [0.29, 0.717) is 0 Å². The lowest BCUT2D eigenvalue weighted by molar-refractivity contribution is 0.240. The van der Waals surface area contributed by atoms with Crippen molar-refractivity contribution >= 4 is 11.7 Å². The number of urea groups is 1. The van der Waals surface area contributed by atoms with Crippen LogP contribution < -0.4 is 10.6 Å². The van der Waals surface area contributed by atoms with E-state index in [-0.39, 0.29) is 6.03 Å². The number of carbonyl (C=O) groups is 1. The van der Waals surface area contributed by atoms with Crippen molar-refractivity contribution in [2.75, 3.05) is 5.32 Å². The number of hydrogen-bond acceptors (Lipinski definition) is 2. The Morgan fingerprint density at radius 3 is 2.30 bits per heavy atom. The van der Waals surface area contributed by atoms with Crippen molar-refractivity contribution in [3.8, 4) is 6.07 Å². The van der Waals surface area contributed by atoms with E-state index in [1.165, 1.54) is 0 Å². The quantitative estimate of drug-likeness (QED) is 0.805. The fourth-order valence-electron chi connectivity index (χ4n) is 2.61. The van der Waals surface area contributed by atoms with Crippen LogP contribution in [0.2, 0.25) is 0 Å². The molecule has 1 aliphatic carbocycles. The van der Waals surface area contributed by atoms with E-state index in [1.807, 2.05) is 31.2 Å². The van der Waals surface area contributed by atoms with Gasteiger partial charge in [0.05, 0.1) is 6.07 Å². The molecule has 0 heterocycles. The number of carbonyl (C=O) groups excluding carboxylic acids is 1. The number of amides is 2. The highest BCUT2D eigenvalue weighted by Crippen LogP contribution is 2.26. The third-order valence-electron chi connectivity index (χ3n) is 3.83. The molecule has 0 aliphatic heterocycles.